The van der Waals surface area contributed by atoms with E-state index >= 15 is 0 Å². The zero-order valence-corrected chi connectivity index (χ0v) is 8.25. The van der Waals surface area contributed by atoms with Crippen LogP contribution in [0.25, 0.3) is 0 Å². The molecule has 0 amide bonds. The van der Waals surface area contributed by atoms with Gasteiger partial charge in [-0.05, 0) is 6.07 Å². The maximum absolute atomic E-state index is 13.1. The third kappa shape index (κ3) is 3.52. The molecule has 0 unspecified atom stereocenters. The fourth-order valence-electron chi connectivity index (χ4n) is 0.990. The van der Waals surface area contributed by atoms with E-state index in [0.717, 1.165) is 12.1 Å². The predicted molar refractivity (Wildman–Crippen MR) is 50.9 cm³/mol. The van der Waals surface area contributed by atoms with Crippen molar-refractivity contribution < 1.29 is 28.7 Å². The number of hydrogen-bond donors (Lipinski definition) is 1. The lowest BCUT2D eigenvalue weighted by atomic mass is 10.3. The van der Waals surface area contributed by atoms with E-state index in [1.54, 1.807) is 0 Å². The first kappa shape index (κ1) is 12.6. The summed E-state index contributed by atoms with van der Waals surface area (Å²) < 4.78 is 17.5. The van der Waals surface area contributed by atoms with Crippen molar-refractivity contribution in [3.63, 3.8) is 0 Å². The second-order valence-corrected chi connectivity index (χ2v) is 2.91. The number of carbonyl (C=O) groups excluding carboxylic acids is 1. The highest BCUT2D eigenvalue weighted by atomic mass is 19.1. The van der Waals surface area contributed by atoms with Gasteiger partial charge in [0.25, 0.3) is 0 Å². The summed E-state index contributed by atoms with van der Waals surface area (Å²) >= 11 is 0. The smallest absolute Gasteiger partial charge is 0.322 e. The molecule has 0 saturated carbocycles. The molecular weight excluding hydrogens is 237 g/mol. The van der Waals surface area contributed by atoms with Crippen LogP contribution in [0, 0.1) is 15.9 Å². The Morgan fingerprint density at radius 3 is 2.59 bits per heavy atom. The van der Waals surface area contributed by atoms with Crippen LogP contribution in [0.1, 0.15) is 6.42 Å². The minimum absolute atomic E-state index is 0.292. The van der Waals surface area contributed by atoms with E-state index < -0.39 is 34.8 Å². The molecule has 1 aromatic rings. The first-order chi connectivity index (χ1) is 7.90. The van der Waals surface area contributed by atoms with Crippen molar-refractivity contribution in [2.45, 2.75) is 6.42 Å². The molecule has 17 heavy (non-hydrogen) atoms. The highest BCUT2D eigenvalue weighted by Gasteiger charge is 2.16. The lowest BCUT2D eigenvalue weighted by Crippen LogP contribution is -2.13. The van der Waals surface area contributed by atoms with Crippen LogP contribution in [0.2, 0.25) is 0 Å². The van der Waals surface area contributed by atoms with Crippen molar-refractivity contribution in [3.05, 3.63) is 34.1 Å². The van der Waals surface area contributed by atoms with E-state index in [0.29, 0.717) is 6.07 Å². The minimum atomic E-state index is -1.39. The highest BCUT2D eigenvalue weighted by molar-refractivity contribution is 5.91. The third-order valence-electron chi connectivity index (χ3n) is 1.64. The maximum Gasteiger partial charge on any atom is 0.322 e. The highest BCUT2D eigenvalue weighted by Crippen LogP contribution is 2.22. The van der Waals surface area contributed by atoms with Gasteiger partial charge < -0.3 is 9.84 Å². The number of nitrogens with zero attached hydrogens (tertiary/aromatic N) is 1. The van der Waals surface area contributed by atoms with Gasteiger partial charge >= 0.3 is 17.6 Å². The maximum atomic E-state index is 13.1. The predicted octanol–water partition coefficient (Wildman–Crippen LogP) is 1.11. The van der Waals surface area contributed by atoms with E-state index in [2.05, 4.69) is 4.74 Å². The van der Waals surface area contributed by atoms with Gasteiger partial charge in [0.2, 0.25) is 5.82 Å². The molecule has 8 heteroatoms. The molecule has 0 radical (unpaired) electrons. The minimum Gasteiger partial charge on any atom is -0.481 e. The van der Waals surface area contributed by atoms with E-state index in [-0.39, 0.29) is 5.75 Å². The lowest BCUT2D eigenvalue weighted by Gasteiger charge is -2.02. The molecule has 0 saturated heterocycles. The van der Waals surface area contributed by atoms with E-state index in [1.165, 1.54) is 0 Å². The second-order valence-electron chi connectivity index (χ2n) is 2.91. The molecule has 7 nitrogen and oxygen atoms in total. The summed E-state index contributed by atoms with van der Waals surface area (Å²) in [5.41, 5.74) is -0.761. The van der Waals surface area contributed by atoms with Crippen LogP contribution in [0.3, 0.4) is 0 Å². The summed E-state index contributed by atoms with van der Waals surface area (Å²) in [4.78, 5) is 30.4. The molecule has 0 aliphatic heterocycles. The molecule has 90 valence electrons. The number of aliphatic carboxylic acids is 1. The molecule has 1 aromatic carbocycles. The van der Waals surface area contributed by atoms with Crippen LogP contribution in [0.4, 0.5) is 10.1 Å². The molecule has 0 spiro atoms. The fraction of sp³-hybridized carbons (Fsp3) is 0.111. The van der Waals surface area contributed by atoms with Crippen LogP contribution in [-0.4, -0.2) is 22.0 Å². The molecule has 0 aliphatic rings. The Kier molecular flexibility index (Phi) is 3.70. The van der Waals surface area contributed by atoms with Gasteiger partial charge in [0.1, 0.15) is 12.2 Å². The zero-order valence-electron chi connectivity index (χ0n) is 8.25. The van der Waals surface area contributed by atoms with E-state index in [4.69, 9.17) is 5.11 Å². The van der Waals surface area contributed by atoms with Crippen molar-refractivity contribution in [1.29, 1.82) is 0 Å². The lowest BCUT2D eigenvalue weighted by molar-refractivity contribution is -0.387. The Labute approximate surface area is 93.6 Å². The quantitative estimate of drug-likeness (QED) is 0.279. The molecular formula is C9H6FNO6. The van der Waals surface area contributed by atoms with Crippen molar-refractivity contribution in [2.75, 3.05) is 0 Å². The van der Waals surface area contributed by atoms with Gasteiger partial charge in [0, 0.05) is 12.1 Å². The molecule has 0 bridgehead atoms. The van der Waals surface area contributed by atoms with E-state index in [9.17, 15) is 24.1 Å². The number of hydrogen-bond acceptors (Lipinski definition) is 5. The Morgan fingerprint density at radius 1 is 1.47 bits per heavy atom. The zero-order chi connectivity index (χ0) is 13.0. The molecule has 1 rings (SSSR count). The average molecular weight is 243 g/mol. The number of nitro benzene ring substituents is 1. The summed E-state index contributed by atoms with van der Waals surface area (Å²) in [5.74, 6) is -3.95. The summed E-state index contributed by atoms with van der Waals surface area (Å²) in [6.07, 6.45) is -0.876. The normalized spacial score (nSPS) is 9.71. The third-order valence-corrected chi connectivity index (χ3v) is 1.64. The molecule has 0 heterocycles. The number of rotatable bonds is 4. The number of esters is 1. The van der Waals surface area contributed by atoms with Crippen LogP contribution in [0.5, 0.6) is 5.75 Å². The SMILES string of the molecule is O=C(O)CC(=O)Oc1ccc([N+](=O)[O-])c(F)c1. The van der Waals surface area contributed by atoms with Crippen molar-refractivity contribution in [1.82, 2.24) is 0 Å². The first-order valence-electron chi connectivity index (χ1n) is 4.26. The standard InChI is InChI=1S/C9H6FNO6/c10-6-3-5(1-2-7(6)11(15)16)17-9(14)4-8(12)13/h1-3H,4H2,(H,12,13). The van der Waals surface area contributed by atoms with Crippen molar-refractivity contribution in [3.8, 4) is 5.75 Å². The number of carboxylic acids is 1. The average Bonchev–Trinajstić information content (AvgIpc) is 2.15. The number of halogens is 1. The van der Waals surface area contributed by atoms with Gasteiger partial charge in [-0.25, -0.2) is 0 Å². The summed E-state index contributed by atoms with van der Waals surface area (Å²) in [6.45, 7) is 0. The second kappa shape index (κ2) is 5.01. The van der Waals surface area contributed by atoms with Crippen LogP contribution in [0.15, 0.2) is 18.2 Å². The molecule has 0 aromatic heterocycles. The molecule has 0 fully saturated rings. The number of benzene rings is 1. The summed E-state index contributed by atoms with van der Waals surface area (Å²) in [7, 11) is 0. The number of ether oxygens (including phenoxy) is 1. The van der Waals surface area contributed by atoms with E-state index in [1.807, 2.05) is 0 Å². The van der Waals surface area contributed by atoms with Gasteiger partial charge in [-0.15, -0.1) is 0 Å². The van der Waals surface area contributed by atoms with Gasteiger partial charge in [-0.3, -0.25) is 19.7 Å². The molecule has 0 atom stereocenters. The first-order valence-corrected chi connectivity index (χ1v) is 4.26. The topological polar surface area (TPSA) is 107 Å². The summed E-state index contributed by atoms with van der Waals surface area (Å²) in [5, 5.41) is 18.6. The molecule has 0 aliphatic carbocycles. The number of carboxylic acid groups (broad SMARTS) is 1. The van der Waals surface area contributed by atoms with Gasteiger partial charge in [-0.1, -0.05) is 0 Å². The number of carbonyl (C=O) groups is 2. The van der Waals surface area contributed by atoms with Crippen molar-refractivity contribution in [2.24, 2.45) is 0 Å². The Hall–Kier alpha value is -2.51. The largest absolute Gasteiger partial charge is 0.481 e. The Balaban J connectivity index is 2.81. The van der Waals surface area contributed by atoms with Crippen LogP contribution in [-0.2, 0) is 9.59 Å². The van der Waals surface area contributed by atoms with Gasteiger partial charge in [-0.2, -0.15) is 4.39 Å². The Morgan fingerprint density at radius 2 is 2.12 bits per heavy atom. The van der Waals surface area contributed by atoms with Crippen LogP contribution >= 0.6 is 0 Å². The molecule has 1 N–H and O–H groups in total. The number of nitro groups is 1. The van der Waals surface area contributed by atoms with Crippen molar-refractivity contribution >= 4 is 17.6 Å². The summed E-state index contributed by atoms with van der Waals surface area (Å²) in [6, 6.07) is 2.46. The Bertz CT molecular complexity index is 486. The van der Waals surface area contributed by atoms with Gasteiger partial charge in [0.05, 0.1) is 4.92 Å². The van der Waals surface area contributed by atoms with Crippen LogP contribution < -0.4 is 4.74 Å². The van der Waals surface area contributed by atoms with Gasteiger partial charge in [0.15, 0.2) is 0 Å². The fourth-order valence-corrected chi connectivity index (χ4v) is 0.990. The monoisotopic (exact) mass is 243 g/mol.